The first kappa shape index (κ1) is 20.5. The summed E-state index contributed by atoms with van der Waals surface area (Å²) in [6.07, 6.45) is 10.9. The smallest absolute Gasteiger partial charge is 0.337 e. The second-order valence-corrected chi connectivity index (χ2v) is 7.31. The molecule has 6 nitrogen and oxygen atoms in total. The van der Waals surface area contributed by atoms with E-state index in [-0.39, 0.29) is 0 Å². The lowest BCUT2D eigenvalue weighted by atomic mass is 10.1. The summed E-state index contributed by atoms with van der Waals surface area (Å²) in [6, 6.07) is 0. The molecule has 1 heterocycles. The van der Waals surface area contributed by atoms with Crippen molar-refractivity contribution in [3.8, 4) is 0 Å². The average Bonchev–Trinajstić information content (AvgIpc) is 2.84. The van der Waals surface area contributed by atoms with Crippen molar-refractivity contribution >= 4 is 7.82 Å². The van der Waals surface area contributed by atoms with E-state index in [0.717, 1.165) is 13.0 Å². The van der Waals surface area contributed by atoms with Crippen molar-refractivity contribution < 1.29 is 18.1 Å². The van der Waals surface area contributed by atoms with Gasteiger partial charge in [-0.15, -0.1) is 0 Å². The second-order valence-electron chi connectivity index (χ2n) is 5.68. The Morgan fingerprint density at radius 1 is 0.957 bits per heavy atom. The van der Waals surface area contributed by atoms with Gasteiger partial charge >= 0.3 is 7.82 Å². The molecule has 0 saturated heterocycles. The summed E-state index contributed by atoms with van der Waals surface area (Å²) in [5.41, 5.74) is 0. The number of phosphoric ester groups is 1. The maximum Gasteiger partial charge on any atom is 0.478 e. The topological polar surface area (TPSA) is 51.2 Å². The number of rotatable bonds is 13. The molecule has 0 bridgehead atoms. The molecular formula is C16H33N2O4P. The standard InChI is InChI=1S/C16H33N2O4P/c1-5-8-9-10-11-12-13-18-15-14-17(4)16(18)22-23(19,20-6-2)21-7-3/h14-16H,5-13H2,1-4H3. The highest BCUT2D eigenvalue weighted by molar-refractivity contribution is 7.48. The molecule has 0 radical (unpaired) electrons. The molecule has 1 rings (SSSR count). The number of nitrogens with zero attached hydrogens (tertiary/aromatic N) is 2. The van der Waals surface area contributed by atoms with Gasteiger partial charge in [0, 0.05) is 26.0 Å². The van der Waals surface area contributed by atoms with E-state index in [1.54, 1.807) is 13.8 Å². The number of hydrogen-bond donors (Lipinski definition) is 0. The minimum atomic E-state index is -3.52. The van der Waals surface area contributed by atoms with Gasteiger partial charge in [-0.1, -0.05) is 39.0 Å². The van der Waals surface area contributed by atoms with Crippen molar-refractivity contribution in [3.05, 3.63) is 12.4 Å². The fourth-order valence-electron chi connectivity index (χ4n) is 2.50. The summed E-state index contributed by atoms with van der Waals surface area (Å²) in [7, 11) is -1.63. The van der Waals surface area contributed by atoms with Crippen LogP contribution in [0, 0.1) is 0 Å². The van der Waals surface area contributed by atoms with Crippen LogP contribution in [0.5, 0.6) is 0 Å². The van der Waals surface area contributed by atoms with Crippen molar-refractivity contribution in [2.24, 2.45) is 0 Å². The van der Waals surface area contributed by atoms with Crippen LogP contribution in [0.25, 0.3) is 0 Å². The van der Waals surface area contributed by atoms with Gasteiger partial charge in [0.15, 0.2) is 0 Å². The van der Waals surface area contributed by atoms with E-state index < -0.39 is 14.2 Å². The molecule has 0 saturated carbocycles. The lowest BCUT2D eigenvalue weighted by molar-refractivity contribution is -0.0448. The Hall–Kier alpha value is -0.550. The Morgan fingerprint density at radius 2 is 1.57 bits per heavy atom. The molecular weight excluding hydrogens is 315 g/mol. The van der Waals surface area contributed by atoms with E-state index in [2.05, 4.69) is 6.92 Å². The largest absolute Gasteiger partial charge is 0.478 e. The molecule has 0 aromatic rings. The highest BCUT2D eigenvalue weighted by Crippen LogP contribution is 2.51. The normalized spacial score (nSPS) is 18.2. The van der Waals surface area contributed by atoms with Gasteiger partial charge in [0.1, 0.15) is 0 Å². The fourth-order valence-corrected chi connectivity index (χ4v) is 3.83. The molecule has 0 aromatic carbocycles. The minimum Gasteiger partial charge on any atom is -0.337 e. The fraction of sp³-hybridized carbons (Fsp3) is 0.875. The van der Waals surface area contributed by atoms with Gasteiger partial charge in [0.25, 0.3) is 0 Å². The molecule has 0 fully saturated rings. The van der Waals surface area contributed by atoms with Gasteiger partial charge in [-0.25, -0.2) is 9.09 Å². The van der Waals surface area contributed by atoms with Gasteiger partial charge in [-0.3, -0.25) is 9.05 Å². The molecule has 136 valence electrons. The Bertz CT molecular complexity index is 382. The maximum atomic E-state index is 12.6. The van der Waals surface area contributed by atoms with Gasteiger partial charge in [-0.05, 0) is 20.3 Å². The zero-order valence-corrected chi connectivity index (χ0v) is 16.0. The Kier molecular flexibility index (Phi) is 9.88. The number of phosphoric acid groups is 1. The summed E-state index contributed by atoms with van der Waals surface area (Å²) in [4.78, 5) is 3.92. The van der Waals surface area contributed by atoms with Gasteiger partial charge < -0.3 is 9.80 Å². The molecule has 7 heteroatoms. The van der Waals surface area contributed by atoms with Crippen LogP contribution in [0.3, 0.4) is 0 Å². The van der Waals surface area contributed by atoms with E-state index >= 15 is 0 Å². The molecule has 1 atom stereocenters. The summed E-state index contributed by atoms with van der Waals surface area (Å²) in [5, 5.41) is 0. The van der Waals surface area contributed by atoms with Crippen LogP contribution in [0.15, 0.2) is 12.4 Å². The highest BCUT2D eigenvalue weighted by atomic mass is 31.2. The molecule has 0 amide bonds. The van der Waals surface area contributed by atoms with Crippen LogP contribution in [0.1, 0.15) is 59.3 Å². The molecule has 0 aliphatic carbocycles. The Morgan fingerprint density at radius 3 is 2.17 bits per heavy atom. The van der Waals surface area contributed by atoms with Crippen LogP contribution >= 0.6 is 7.82 Å². The van der Waals surface area contributed by atoms with Crippen molar-refractivity contribution in [2.75, 3.05) is 26.8 Å². The average molecular weight is 348 g/mol. The van der Waals surface area contributed by atoms with E-state index in [9.17, 15) is 4.57 Å². The summed E-state index contributed by atoms with van der Waals surface area (Å²) >= 11 is 0. The Balaban J connectivity index is 2.46. The summed E-state index contributed by atoms with van der Waals surface area (Å²) < 4.78 is 28.7. The number of hydrogen-bond acceptors (Lipinski definition) is 6. The lowest BCUT2D eigenvalue weighted by Gasteiger charge is -2.32. The first-order valence-corrected chi connectivity index (χ1v) is 10.3. The second kappa shape index (κ2) is 11.1. The molecule has 0 spiro atoms. The van der Waals surface area contributed by atoms with E-state index in [0.29, 0.717) is 13.2 Å². The zero-order chi connectivity index (χ0) is 17.1. The van der Waals surface area contributed by atoms with Gasteiger partial charge in [-0.2, -0.15) is 0 Å². The van der Waals surface area contributed by atoms with Gasteiger partial charge in [0.05, 0.1) is 13.2 Å². The minimum absolute atomic E-state index is 0.290. The van der Waals surface area contributed by atoms with Crippen molar-refractivity contribution in [1.29, 1.82) is 0 Å². The van der Waals surface area contributed by atoms with Crippen LogP contribution in [0.4, 0.5) is 0 Å². The quantitative estimate of drug-likeness (QED) is 0.360. The van der Waals surface area contributed by atoms with Gasteiger partial charge in [0.2, 0.25) is 6.35 Å². The summed E-state index contributed by atoms with van der Waals surface area (Å²) in [6.45, 7) is 7.23. The van der Waals surface area contributed by atoms with Crippen LogP contribution < -0.4 is 0 Å². The first-order chi connectivity index (χ1) is 11.1. The van der Waals surface area contributed by atoms with Crippen molar-refractivity contribution in [1.82, 2.24) is 9.80 Å². The third-order valence-corrected chi connectivity index (χ3v) is 5.29. The molecule has 1 aliphatic heterocycles. The number of unbranched alkanes of at least 4 members (excludes halogenated alkanes) is 5. The predicted molar refractivity (Wildman–Crippen MR) is 92.7 cm³/mol. The molecule has 1 aliphatic rings. The lowest BCUT2D eigenvalue weighted by Crippen LogP contribution is -2.39. The van der Waals surface area contributed by atoms with Crippen LogP contribution in [-0.4, -0.2) is 43.0 Å². The third-order valence-electron chi connectivity index (χ3n) is 3.69. The van der Waals surface area contributed by atoms with Crippen molar-refractivity contribution in [3.63, 3.8) is 0 Å². The monoisotopic (exact) mass is 348 g/mol. The van der Waals surface area contributed by atoms with E-state index in [1.165, 1.54) is 32.1 Å². The first-order valence-electron chi connectivity index (χ1n) is 8.79. The van der Waals surface area contributed by atoms with E-state index in [1.807, 2.05) is 29.2 Å². The zero-order valence-electron chi connectivity index (χ0n) is 15.1. The molecule has 23 heavy (non-hydrogen) atoms. The molecule has 0 aromatic heterocycles. The molecule has 0 N–H and O–H groups in total. The predicted octanol–water partition coefficient (Wildman–Crippen LogP) is 4.55. The SMILES string of the molecule is CCCCCCCCN1C=CN(C)C1OP(=O)(OCC)OCC. The third kappa shape index (κ3) is 7.25. The summed E-state index contributed by atoms with van der Waals surface area (Å²) in [5.74, 6) is 0. The van der Waals surface area contributed by atoms with Crippen molar-refractivity contribution in [2.45, 2.75) is 65.6 Å². The Labute approximate surface area is 141 Å². The maximum absolute atomic E-state index is 12.6. The molecule has 1 unspecified atom stereocenters. The van der Waals surface area contributed by atoms with Crippen LogP contribution in [-0.2, 0) is 18.1 Å². The van der Waals surface area contributed by atoms with Crippen LogP contribution in [0.2, 0.25) is 0 Å². The highest BCUT2D eigenvalue weighted by Gasteiger charge is 2.35. The van der Waals surface area contributed by atoms with E-state index in [4.69, 9.17) is 13.6 Å².